The van der Waals surface area contributed by atoms with Crippen LogP contribution in [0.4, 0.5) is 0 Å². The number of rotatable bonds is 4. The zero-order valence-electron chi connectivity index (χ0n) is 12.9. The van der Waals surface area contributed by atoms with E-state index in [9.17, 15) is 0 Å². The van der Waals surface area contributed by atoms with Gasteiger partial charge in [0.05, 0.1) is 6.54 Å². The van der Waals surface area contributed by atoms with Gasteiger partial charge in [0.1, 0.15) is 5.82 Å². The Morgan fingerprint density at radius 3 is 2.45 bits per heavy atom. The molecule has 1 aliphatic carbocycles. The summed E-state index contributed by atoms with van der Waals surface area (Å²) in [5.74, 6) is 3.34. The number of hydrogen-bond donors (Lipinski definition) is 0. The molecule has 2 heterocycles. The van der Waals surface area contributed by atoms with Gasteiger partial charge in [-0.25, -0.2) is 9.67 Å². The molecular formula is C18H23N3O. The third kappa shape index (κ3) is 2.80. The molecule has 116 valence electrons. The second-order valence-electron chi connectivity index (χ2n) is 6.49. The second kappa shape index (κ2) is 6.21. The number of aromatic nitrogens is 3. The molecule has 4 nitrogen and oxygen atoms in total. The first-order chi connectivity index (χ1) is 10.9. The quantitative estimate of drug-likeness (QED) is 0.867. The summed E-state index contributed by atoms with van der Waals surface area (Å²) in [5, 5.41) is 4.88. The van der Waals surface area contributed by atoms with Gasteiger partial charge in [0.15, 0.2) is 5.82 Å². The highest BCUT2D eigenvalue weighted by atomic mass is 16.5. The van der Waals surface area contributed by atoms with Gasteiger partial charge in [-0.15, -0.1) is 0 Å². The highest BCUT2D eigenvalue weighted by molar-refractivity contribution is 5.16. The van der Waals surface area contributed by atoms with Crippen LogP contribution in [0.5, 0.6) is 0 Å². The van der Waals surface area contributed by atoms with Gasteiger partial charge in [-0.1, -0.05) is 36.8 Å². The van der Waals surface area contributed by atoms with Crippen molar-refractivity contribution in [3.63, 3.8) is 0 Å². The van der Waals surface area contributed by atoms with Crippen LogP contribution < -0.4 is 0 Å². The number of benzene rings is 1. The smallest absolute Gasteiger partial charge is 0.154 e. The molecule has 1 saturated carbocycles. The SMILES string of the molecule is c1ccc(Cn2nc(C3CCOCC3)nc2C2CCC2)cc1. The van der Waals surface area contributed by atoms with Gasteiger partial charge in [0.2, 0.25) is 0 Å². The largest absolute Gasteiger partial charge is 0.381 e. The molecule has 1 aliphatic heterocycles. The Hall–Kier alpha value is -1.68. The molecular weight excluding hydrogens is 274 g/mol. The van der Waals surface area contributed by atoms with Gasteiger partial charge >= 0.3 is 0 Å². The van der Waals surface area contributed by atoms with Crippen molar-refractivity contribution in [1.29, 1.82) is 0 Å². The minimum Gasteiger partial charge on any atom is -0.381 e. The van der Waals surface area contributed by atoms with Crippen LogP contribution in [0.2, 0.25) is 0 Å². The van der Waals surface area contributed by atoms with Gasteiger partial charge in [-0.2, -0.15) is 5.10 Å². The van der Waals surface area contributed by atoms with Crippen LogP contribution in [0.15, 0.2) is 30.3 Å². The van der Waals surface area contributed by atoms with Crippen LogP contribution in [-0.2, 0) is 11.3 Å². The van der Waals surface area contributed by atoms with Gasteiger partial charge in [0, 0.05) is 25.0 Å². The number of ether oxygens (including phenoxy) is 1. The summed E-state index contributed by atoms with van der Waals surface area (Å²) < 4.78 is 7.63. The summed E-state index contributed by atoms with van der Waals surface area (Å²) >= 11 is 0. The summed E-state index contributed by atoms with van der Waals surface area (Å²) in [6, 6.07) is 10.6. The number of hydrogen-bond acceptors (Lipinski definition) is 3. The second-order valence-corrected chi connectivity index (χ2v) is 6.49. The fourth-order valence-electron chi connectivity index (χ4n) is 3.34. The molecule has 0 radical (unpaired) electrons. The Bertz CT molecular complexity index is 613. The van der Waals surface area contributed by atoms with Crippen molar-refractivity contribution in [1.82, 2.24) is 14.8 Å². The van der Waals surface area contributed by atoms with E-state index in [2.05, 4.69) is 35.0 Å². The molecule has 0 bridgehead atoms. The Balaban J connectivity index is 1.61. The maximum atomic E-state index is 5.47. The standard InChI is InChI=1S/C18H23N3O/c1-2-5-14(6-3-1)13-21-18(16-7-4-8-16)19-17(20-21)15-9-11-22-12-10-15/h1-3,5-6,15-16H,4,7-13H2. The van der Waals surface area contributed by atoms with Crippen LogP contribution in [0.1, 0.15) is 61.2 Å². The molecule has 0 spiro atoms. The lowest BCUT2D eigenvalue weighted by molar-refractivity contribution is 0.0835. The molecule has 0 unspecified atom stereocenters. The highest BCUT2D eigenvalue weighted by Crippen LogP contribution is 2.36. The van der Waals surface area contributed by atoms with E-state index in [1.54, 1.807) is 0 Å². The van der Waals surface area contributed by atoms with Crippen LogP contribution in [0.3, 0.4) is 0 Å². The van der Waals surface area contributed by atoms with Crippen LogP contribution >= 0.6 is 0 Å². The lowest BCUT2D eigenvalue weighted by Gasteiger charge is -2.24. The van der Waals surface area contributed by atoms with Crippen LogP contribution in [0, 0.1) is 0 Å². The molecule has 0 N–H and O–H groups in total. The van der Waals surface area contributed by atoms with Gasteiger partial charge in [-0.05, 0) is 31.2 Å². The summed E-state index contributed by atoms with van der Waals surface area (Å²) in [4.78, 5) is 4.95. The van der Waals surface area contributed by atoms with Crippen molar-refractivity contribution >= 4 is 0 Å². The van der Waals surface area contributed by atoms with Gasteiger partial charge in [0.25, 0.3) is 0 Å². The van der Waals surface area contributed by atoms with E-state index >= 15 is 0 Å². The number of nitrogens with zero attached hydrogens (tertiary/aromatic N) is 3. The van der Waals surface area contributed by atoms with E-state index in [4.69, 9.17) is 14.8 Å². The summed E-state index contributed by atoms with van der Waals surface area (Å²) in [5.41, 5.74) is 1.30. The molecule has 4 heteroatoms. The third-order valence-electron chi connectivity index (χ3n) is 4.95. The van der Waals surface area contributed by atoms with E-state index in [0.717, 1.165) is 38.4 Å². The molecule has 2 aliphatic rings. The molecule has 1 saturated heterocycles. The van der Waals surface area contributed by atoms with Crippen molar-refractivity contribution in [2.75, 3.05) is 13.2 Å². The Morgan fingerprint density at radius 1 is 1.00 bits per heavy atom. The predicted molar refractivity (Wildman–Crippen MR) is 85.0 cm³/mol. The van der Waals surface area contributed by atoms with E-state index in [0.29, 0.717) is 11.8 Å². The topological polar surface area (TPSA) is 39.9 Å². The van der Waals surface area contributed by atoms with E-state index in [-0.39, 0.29) is 0 Å². The normalized spacial score (nSPS) is 20.0. The lowest BCUT2D eigenvalue weighted by Crippen LogP contribution is -2.16. The fraction of sp³-hybridized carbons (Fsp3) is 0.556. The Labute approximate surface area is 131 Å². The first kappa shape index (κ1) is 13.9. The average molecular weight is 297 g/mol. The maximum absolute atomic E-state index is 5.47. The first-order valence-corrected chi connectivity index (χ1v) is 8.46. The Morgan fingerprint density at radius 2 is 1.77 bits per heavy atom. The highest BCUT2D eigenvalue weighted by Gasteiger charge is 2.28. The van der Waals surface area contributed by atoms with Crippen LogP contribution in [0.25, 0.3) is 0 Å². The van der Waals surface area contributed by atoms with Crippen molar-refractivity contribution in [2.45, 2.75) is 50.5 Å². The zero-order valence-corrected chi connectivity index (χ0v) is 12.9. The summed E-state index contributed by atoms with van der Waals surface area (Å²) in [7, 11) is 0. The molecule has 2 fully saturated rings. The average Bonchev–Trinajstić information content (AvgIpc) is 2.91. The van der Waals surface area contributed by atoms with Crippen molar-refractivity contribution in [3.8, 4) is 0 Å². The first-order valence-electron chi connectivity index (χ1n) is 8.46. The summed E-state index contributed by atoms with van der Waals surface area (Å²) in [6.07, 6.45) is 5.97. The minimum absolute atomic E-state index is 0.476. The monoisotopic (exact) mass is 297 g/mol. The third-order valence-corrected chi connectivity index (χ3v) is 4.95. The molecule has 0 atom stereocenters. The lowest BCUT2D eigenvalue weighted by atomic mass is 9.85. The zero-order chi connectivity index (χ0) is 14.8. The van der Waals surface area contributed by atoms with Crippen LogP contribution in [-0.4, -0.2) is 28.0 Å². The Kier molecular flexibility index (Phi) is 3.94. The van der Waals surface area contributed by atoms with Gasteiger partial charge in [-0.3, -0.25) is 0 Å². The van der Waals surface area contributed by atoms with E-state index in [1.807, 2.05) is 0 Å². The van der Waals surface area contributed by atoms with Gasteiger partial charge < -0.3 is 4.74 Å². The molecule has 2 aromatic rings. The van der Waals surface area contributed by atoms with E-state index < -0.39 is 0 Å². The van der Waals surface area contributed by atoms with E-state index in [1.165, 1.54) is 30.7 Å². The maximum Gasteiger partial charge on any atom is 0.154 e. The van der Waals surface area contributed by atoms with Crippen molar-refractivity contribution < 1.29 is 4.74 Å². The molecule has 22 heavy (non-hydrogen) atoms. The molecule has 1 aromatic carbocycles. The predicted octanol–water partition coefficient (Wildman–Crippen LogP) is 3.49. The fourth-order valence-corrected chi connectivity index (χ4v) is 3.34. The summed E-state index contributed by atoms with van der Waals surface area (Å²) in [6.45, 7) is 2.52. The molecule has 4 rings (SSSR count). The molecule has 1 aromatic heterocycles. The minimum atomic E-state index is 0.476. The van der Waals surface area contributed by atoms with Crippen molar-refractivity contribution in [2.24, 2.45) is 0 Å². The molecule has 0 amide bonds. The van der Waals surface area contributed by atoms with Crippen molar-refractivity contribution in [3.05, 3.63) is 47.5 Å².